The molecular weight excluding hydrogens is 247 g/mol. The Morgan fingerprint density at radius 3 is 2.67 bits per heavy atom. The zero-order valence-corrected chi connectivity index (χ0v) is 9.47. The van der Waals surface area contributed by atoms with E-state index in [1.807, 2.05) is 5.92 Å². The second kappa shape index (κ2) is 5.45. The average molecular weight is 257 g/mol. The lowest BCUT2D eigenvalue weighted by Crippen LogP contribution is -2.08. The Bertz CT molecular complexity index is 512. The smallest absolute Gasteiger partial charge is 0.417 e. The van der Waals surface area contributed by atoms with Crippen LogP contribution in [0, 0.1) is 11.8 Å². The second-order valence-corrected chi connectivity index (χ2v) is 3.27. The molecule has 0 saturated heterocycles. The summed E-state index contributed by atoms with van der Waals surface area (Å²) in [7, 11) is 0. The third-order valence-corrected chi connectivity index (χ3v) is 1.92. The van der Waals surface area contributed by atoms with E-state index in [4.69, 9.17) is 5.73 Å². The average Bonchev–Trinajstić information content (AvgIpc) is 2.25. The molecule has 2 N–H and O–H groups in total. The maximum absolute atomic E-state index is 12.6. The Labute approximate surface area is 102 Å². The number of rotatable bonds is 1. The number of carbonyl (C=O) groups excluding carboxylic acids is 1. The highest BCUT2D eigenvalue weighted by atomic mass is 19.4. The molecule has 0 unspecified atom stereocenters. The second-order valence-electron chi connectivity index (χ2n) is 3.27. The lowest BCUT2D eigenvalue weighted by Gasteiger charge is -2.09. The summed E-state index contributed by atoms with van der Waals surface area (Å²) in [4.78, 5) is 11.0. The van der Waals surface area contributed by atoms with Gasteiger partial charge in [0.1, 0.15) is 0 Å². The molecule has 0 amide bonds. The van der Waals surface area contributed by atoms with Crippen LogP contribution in [0.15, 0.2) is 18.2 Å². The highest BCUT2D eigenvalue weighted by Gasteiger charge is 2.32. The third-order valence-electron chi connectivity index (χ3n) is 1.92. The van der Waals surface area contributed by atoms with Crippen molar-refractivity contribution < 1.29 is 22.7 Å². The van der Waals surface area contributed by atoms with Gasteiger partial charge in [0.2, 0.25) is 0 Å². The van der Waals surface area contributed by atoms with E-state index in [9.17, 15) is 18.0 Å². The van der Waals surface area contributed by atoms with Gasteiger partial charge in [-0.3, -0.25) is 0 Å². The Hall–Kier alpha value is -2.16. The number of hydrogen-bond donors (Lipinski definition) is 1. The van der Waals surface area contributed by atoms with Crippen LogP contribution in [0.1, 0.15) is 18.1 Å². The summed E-state index contributed by atoms with van der Waals surface area (Å²) < 4.78 is 42.4. The van der Waals surface area contributed by atoms with Crippen molar-refractivity contribution in [1.82, 2.24) is 0 Å². The highest BCUT2D eigenvalue weighted by molar-refractivity contribution is 5.89. The normalized spacial score (nSPS) is 10.4. The van der Waals surface area contributed by atoms with Crippen molar-refractivity contribution in [3.8, 4) is 11.8 Å². The molecule has 0 radical (unpaired) electrons. The van der Waals surface area contributed by atoms with Crippen molar-refractivity contribution in [3.63, 3.8) is 0 Å². The van der Waals surface area contributed by atoms with Crippen LogP contribution in [0.4, 0.5) is 18.9 Å². The molecule has 0 saturated carbocycles. The summed E-state index contributed by atoms with van der Waals surface area (Å²) in [6, 6.07) is 3.01. The number of halogens is 3. The molecular formula is C12H10F3NO2. The third kappa shape index (κ3) is 3.70. The number of nitrogen functional groups attached to an aromatic ring is 1. The van der Waals surface area contributed by atoms with Crippen LogP contribution in [-0.4, -0.2) is 12.6 Å². The van der Waals surface area contributed by atoms with Gasteiger partial charge in [0.05, 0.1) is 12.2 Å². The number of hydrogen-bond acceptors (Lipinski definition) is 3. The first-order valence-electron chi connectivity index (χ1n) is 5.00. The molecule has 3 nitrogen and oxygen atoms in total. The summed E-state index contributed by atoms with van der Waals surface area (Å²) in [6.07, 6.45) is -4.55. The fraction of sp³-hybridized carbons (Fsp3) is 0.250. The zero-order chi connectivity index (χ0) is 13.8. The van der Waals surface area contributed by atoms with Crippen molar-refractivity contribution in [2.24, 2.45) is 0 Å². The van der Waals surface area contributed by atoms with Crippen LogP contribution in [-0.2, 0) is 15.7 Å². The van der Waals surface area contributed by atoms with E-state index in [-0.39, 0.29) is 17.9 Å². The first-order valence-corrected chi connectivity index (χ1v) is 5.00. The maximum atomic E-state index is 12.6. The van der Waals surface area contributed by atoms with Crippen LogP contribution in [0.3, 0.4) is 0 Å². The molecule has 96 valence electrons. The van der Waals surface area contributed by atoms with Crippen LogP contribution in [0.25, 0.3) is 0 Å². The van der Waals surface area contributed by atoms with Gasteiger partial charge >= 0.3 is 12.1 Å². The van der Waals surface area contributed by atoms with Gasteiger partial charge in [-0.05, 0) is 25.1 Å². The van der Waals surface area contributed by atoms with Crippen LogP contribution in [0.5, 0.6) is 0 Å². The van der Waals surface area contributed by atoms with Crippen LogP contribution in [0.2, 0.25) is 0 Å². The Balaban J connectivity index is 3.15. The highest BCUT2D eigenvalue weighted by Crippen LogP contribution is 2.32. The fourth-order valence-corrected chi connectivity index (χ4v) is 1.20. The predicted octanol–water partition coefficient (Wildman–Crippen LogP) is 2.20. The summed E-state index contributed by atoms with van der Waals surface area (Å²) in [6.45, 7) is 1.68. The molecule has 0 bridgehead atoms. The van der Waals surface area contributed by atoms with Crippen molar-refractivity contribution in [1.29, 1.82) is 0 Å². The zero-order valence-electron chi connectivity index (χ0n) is 9.47. The first-order chi connectivity index (χ1) is 8.34. The van der Waals surface area contributed by atoms with Gasteiger partial charge in [0, 0.05) is 17.2 Å². The Kier molecular flexibility index (Phi) is 4.21. The number of benzene rings is 1. The minimum absolute atomic E-state index is 0.108. The molecule has 0 aliphatic carbocycles. The van der Waals surface area contributed by atoms with E-state index >= 15 is 0 Å². The van der Waals surface area contributed by atoms with Crippen molar-refractivity contribution in [2.75, 3.05) is 12.3 Å². The number of esters is 1. The SMILES string of the molecule is CCOC(=O)C#Cc1cc(N)ccc1C(F)(F)F. The van der Waals surface area contributed by atoms with Gasteiger partial charge in [-0.15, -0.1) is 0 Å². The number of alkyl halides is 3. The largest absolute Gasteiger partial charge is 0.456 e. The molecule has 0 spiro atoms. The molecule has 0 fully saturated rings. The Morgan fingerprint density at radius 2 is 2.11 bits per heavy atom. The standard InChI is InChI=1S/C12H10F3NO2/c1-2-18-11(17)6-3-8-7-9(16)4-5-10(8)12(13,14)15/h4-5,7H,2,16H2,1H3. The molecule has 1 aromatic carbocycles. The van der Waals surface area contributed by atoms with Gasteiger partial charge in [-0.25, -0.2) is 4.79 Å². The maximum Gasteiger partial charge on any atom is 0.417 e. The summed E-state index contributed by atoms with van der Waals surface area (Å²) in [5.41, 5.74) is 4.23. The minimum Gasteiger partial charge on any atom is -0.456 e. The fourth-order valence-electron chi connectivity index (χ4n) is 1.20. The van der Waals surface area contributed by atoms with E-state index in [1.54, 1.807) is 6.92 Å². The Morgan fingerprint density at radius 1 is 1.44 bits per heavy atom. The quantitative estimate of drug-likeness (QED) is 0.476. The van der Waals surface area contributed by atoms with E-state index in [1.165, 1.54) is 0 Å². The van der Waals surface area contributed by atoms with Crippen molar-refractivity contribution >= 4 is 11.7 Å². The number of carbonyl (C=O) groups is 1. The molecule has 6 heteroatoms. The summed E-state index contributed by atoms with van der Waals surface area (Å²) in [5, 5.41) is 0. The van der Waals surface area contributed by atoms with Crippen molar-refractivity contribution in [2.45, 2.75) is 13.1 Å². The van der Waals surface area contributed by atoms with Gasteiger partial charge in [-0.1, -0.05) is 5.92 Å². The monoisotopic (exact) mass is 257 g/mol. The number of anilines is 1. The van der Waals surface area contributed by atoms with E-state index in [2.05, 4.69) is 10.7 Å². The minimum atomic E-state index is -4.55. The topological polar surface area (TPSA) is 52.3 Å². The molecule has 1 aromatic rings. The molecule has 0 aliphatic heterocycles. The molecule has 0 aliphatic rings. The molecule has 0 heterocycles. The summed E-state index contributed by atoms with van der Waals surface area (Å²) >= 11 is 0. The lowest BCUT2D eigenvalue weighted by molar-refractivity contribution is -0.138. The predicted molar refractivity (Wildman–Crippen MR) is 59.4 cm³/mol. The lowest BCUT2D eigenvalue weighted by atomic mass is 10.1. The number of ether oxygens (including phenoxy) is 1. The first kappa shape index (κ1) is 13.9. The molecule has 1 rings (SSSR count). The number of nitrogens with two attached hydrogens (primary N) is 1. The molecule has 0 atom stereocenters. The van der Waals surface area contributed by atoms with Crippen LogP contribution >= 0.6 is 0 Å². The summed E-state index contributed by atoms with van der Waals surface area (Å²) in [5.74, 6) is 3.21. The van der Waals surface area contributed by atoms with Gasteiger partial charge in [0.25, 0.3) is 0 Å². The van der Waals surface area contributed by atoms with Gasteiger partial charge in [-0.2, -0.15) is 13.2 Å². The van der Waals surface area contributed by atoms with Crippen molar-refractivity contribution in [3.05, 3.63) is 29.3 Å². The van der Waals surface area contributed by atoms with Crippen LogP contribution < -0.4 is 5.73 Å². The molecule has 18 heavy (non-hydrogen) atoms. The van der Waals surface area contributed by atoms with Gasteiger partial charge in [0.15, 0.2) is 0 Å². The molecule has 0 aromatic heterocycles. The van der Waals surface area contributed by atoms with E-state index in [0.717, 1.165) is 18.2 Å². The van der Waals surface area contributed by atoms with E-state index in [0.29, 0.717) is 0 Å². The van der Waals surface area contributed by atoms with Gasteiger partial charge < -0.3 is 10.5 Å². The van der Waals surface area contributed by atoms with E-state index < -0.39 is 17.7 Å².